The monoisotopic (exact) mass is 498 g/mol. The largest absolute Gasteiger partial charge is 0.493 e. The highest BCUT2D eigenvalue weighted by atomic mass is 16.5. The fraction of sp³-hybridized carbons (Fsp3) is 0.581. The predicted octanol–water partition coefficient (Wildman–Crippen LogP) is 8.78. The van der Waals surface area contributed by atoms with E-state index in [1.165, 1.54) is 38.5 Å². The Morgan fingerprint density at radius 1 is 0.694 bits per heavy atom. The number of benzene rings is 1. The Labute approximate surface area is 217 Å². The molecule has 0 amide bonds. The number of unbranched alkanes of at least 4 members (excludes halogenated alkanes) is 7. The highest BCUT2D eigenvalue weighted by molar-refractivity contribution is 5.86. The van der Waals surface area contributed by atoms with Gasteiger partial charge in [0.2, 0.25) is 5.75 Å². The smallest absolute Gasteiger partial charge is 0.383 e. The van der Waals surface area contributed by atoms with Crippen LogP contribution in [-0.2, 0) is 0 Å². The van der Waals surface area contributed by atoms with Crippen LogP contribution >= 0.6 is 0 Å². The minimum Gasteiger partial charge on any atom is -0.493 e. The molecule has 0 aliphatic rings. The van der Waals surface area contributed by atoms with Gasteiger partial charge in [-0.25, -0.2) is 4.79 Å². The standard InChI is InChI=1S/C31H46O5/c1-4-7-10-13-14-15-16-19-23-34-29-27-21-20-26(33-22-17-11-8-5-2)25-28(27)36-31(32)30(29)35-24-18-12-9-6-3/h8-9,11-12,20-21,25H,4-7,10,13-19,22-24H2,1-3H3/b11-8+,12-9+. The van der Waals surface area contributed by atoms with Crippen molar-refractivity contribution in [3.05, 3.63) is 52.9 Å². The van der Waals surface area contributed by atoms with Crippen molar-refractivity contribution >= 4 is 11.0 Å². The van der Waals surface area contributed by atoms with E-state index in [-0.39, 0.29) is 5.75 Å². The molecule has 0 spiro atoms. The Bertz CT molecular complexity index is 973. The van der Waals surface area contributed by atoms with Crippen molar-refractivity contribution in [2.75, 3.05) is 19.8 Å². The van der Waals surface area contributed by atoms with E-state index in [0.29, 0.717) is 36.9 Å². The molecule has 0 saturated carbocycles. The minimum atomic E-state index is -0.518. The lowest BCUT2D eigenvalue weighted by atomic mass is 10.1. The predicted molar refractivity (Wildman–Crippen MR) is 150 cm³/mol. The maximum atomic E-state index is 12.8. The van der Waals surface area contributed by atoms with E-state index in [4.69, 9.17) is 18.6 Å². The normalized spacial score (nSPS) is 11.6. The lowest BCUT2D eigenvalue weighted by Gasteiger charge is -2.14. The zero-order chi connectivity index (χ0) is 25.8. The van der Waals surface area contributed by atoms with E-state index in [9.17, 15) is 4.79 Å². The average Bonchev–Trinajstić information content (AvgIpc) is 2.88. The van der Waals surface area contributed by atoms with Crippen molar-refractivity contribution < 1.29 is 18.6 Å². The molecular formula is C31H46O5. The lowest BCUT2D eigenvalue weighted by molar-refractivity contribution is 0.257. The van der Waals surface area contributed by atoms with E-state index in [1.54, 1.807) is 6.07 Å². The summed E-state index contributed by atoms with van der Waals surface area (Å²) in [7, 11) is 0. The molecule has 0 radical (unpaired) electrons. The minimum absolute atomic E-state index is 0.158. The van der Waals surface area contributed by atoms with Gasteiger partial charge in [-0.15, -0.1) is 0 Å². The van der Waals surface area contributed by atoms with Gasteiger partial charge < -0.3 is 18.6 Å². The van der Waals surface area contributed by atoms with E-state index < -0.39 is 5.63 Å². The summed E-state index contributed by atoms with van der Waals surface area (Å²) in [6.07, 6.45) is 21.7. The average molecular weight is 499 g/mol. The number of hydrogen-bond acceptors (Lipinski definition) is 5. The summed E-state index contributed by atoms with van der Waals surface area (Å²) in [4.78, 5) is 12.8. The molecule has 1 aromatic heterocycles. The Kier molecular flexibility index (Phi) is 15.2. The molecule has 2 aromatic rings. The summed E-state index contributed by atoms with van der Waals surface area (Å²) < 4.78 is 23.5. The van der Waals surface area contributed by atoms with Crippen molar-refractivity contribution in [1.29, 1.82) is 0 Å². The molecule has 0 fully saturated rings. The summed E-state index contributed by atoms with van der Waals surface area (Å²) in [6, 6.07) is 5.54. The van der Waals surface area contributed by atoms with Crippen LogP contribution in [0.2, 0.25) is 0 Å². The van der Waals surface area contributed by atoms with Crippen LogP contribution in [0.25, 0.3) is 11.0 Å². The molecule has 5 heteroatoms. The van der Waals surface area contributed by atoms with Crippen molar-refractivity contribution in [2.24, 2.45) is 0 Å². The maximum Gasteiger partial charge on any atom is 0.383 e. The summed E-state index contributed by atoms with van der Waals surface area (Å²) in [5.41, 5.74) is -0.0679. The first kappa shape index (κ1) is 29.5. The van der Waals surface area contributed by atoms with Crippen LogP contribution in [0.5, 0.6) is 17.2 Å². The highest BCUT2D eigenvalue weighted by Gasteiger charge is 2.18. The molecule has 1 aromatic carbocycles. The molecule has 2 rings (SSSR count). The van der Waals surface area contributed by atoms with Gasteiger partial charge in [-0.1, -0.05) is 90.0 Å². The van der Waals surface area contributed by atoms with Gasteiger partial charge in [-0.3, -0.25) is 0 Å². The van der Waals surface area contributed by atoms with Crippen LogP contribution in [0.4, 0.5) is 0 Å². The molecule has 0 saturated heterocycles. The first-order valence-corrected chi connectivity index (χ1v) is 14.0. The third-order valence-corrected chi connectivity index (χ3v) is 5.93. The van der Waals surface area contributed by atoms with E-state index in [2.05, 4.69) is 45.1 Å². The lowest BCUT2D eigenvalue weighted by Crippen LogP contribution is -2.11. The molecule has 0 aliphatic heterocycles. The number of hydrogen-bond donors (Lipinski definition) is 0. The molecule has 5 nitrogen and oxygen atoms in total. The Balaban J connectivity index is 2.08. The summed E-state index contributed by atoms with van der Waals surface area (Å²) in [5, 5.41) is 0.728. The number of allylic oxidation sites excluding steroid dienone is 2. The first-order chi connectivity index (χ1) is 17.7. The zero-order valence-electron chi connectivity index (χ0n) is 22.7. The van der Waals surface area contributed by atoms with Gasteiger partial charge in [-0.05, 0) is 44.2 Å². The number of ether oxygens (including phenoxy) is 3. The van der Waals surface area contributed by atoms with E-state index in [1.807, 2.05) is 12.1 Å². The quantitative estimate of drug-likeness (QED) is 0.104. The van der Waals surface area contributed by atoms with Gasteiger partial charge in [0.25, 0.3) is 0 Å². The second-order valence-electron chi connectivity index (χ2n) is 9.06. The fourth-order valence-electron chi connectivity index (χ4n) is 3.95. The number of fused-ring (bicyclic) bond motifs is 1. The SMILES string of the molecule is CC/C=C/CCOc1ccc2c(OCCCCCCCCCC)c(OCC/C=C/CC)c(=O)oc2c1. The van der Waals surface area contributed by atoms with Crippen molar-refractivity contribution in [3.8, 4) is 17.2 Å². The molecule has 36 heavy (non-hydrogen) atoms. The van der Waals surface area contributed by atoms with Gasteiger partial charge in [0.15, 0.2) is 5.75 Å². The summed E-state index contributed by atoms with van der Waals surface area (Å²) in [6.45, 7) is 7.95. The molecule has 0 N–H and O–H groups in total. The van der Waals surface area contributed by atoms with Crippen LogP contribution in [0.15, 0.2) is 51.7 Å². The van der Waals surface area contributed by atoms with Crippen molar-refractivity contribution in [1.82, 2.24) is 0 Å². The molecule has 0 unspecified atom stereocenters. The van der Waals surface area contributed by atoms with Crippen LogP contribution in [-0.4, -0.2) is 19.8 Å². The van der Waals surface area contributed by atoms with Gasteiger partial charge >= 0.3 is 5.63 Å². The fourth-order valence-corrected chi connectivity index (χ4v) is 3.95. The molecule has 0 aliphatic carbocycles. The van der Waals surface area contributed by atoms with Gasteiger partial charge in [0.05, 0.1) is 25.2 Å². The van der Waals surface area contributed by atoms with Crippen LogP contribution < -0.4 is 19.8 Å². The summed E-state index contributed by atoms with van der Waals surface area (Å²) in [5.74, 6) is 1.30. The van der Waals surface area contributed by atoms with Crippen LogP contribution in [0, 0.1) is 0 Å². The molecule has 1 heterocycles. The zero-order valence-corrected chi connectivity index (χ0v) is 22.7. The van der Waals surface area contributed by atoms with Crippen LogP contribution in [0.3, 0.4) is 0 Å². The molecular weight excluding hydrogens is 452 g/mol. The third-order valence-electron chi connectivity index (χ3n) is 5.93. The summed E-state index contributed by atoms with van der Waals surface area (Å²) >= 11 is 0. The van der Waals surface area contributed by atoms with E-state index >= 15 is 0 Å². The topological polar surface area (TPSA) is 57.9 Å². The van der Waals surface area contributed by atoms with Gasteiger partial charge in [0, 0.05) is 6.07 Å². The number of rotatable bonds is 20. The third kappa shape index (κ3) is 10.9. The van der Waals surface area contributed by atoms with E-state index in [0.717, 1.165) is 43.9 Å². The Morgan fingerprint density at radius 3 is 1.97 bits per heavy atom. The Morgan fingerprint density at radius 2 is 1.31 bits per heavy atom. The Hall–Kier alpha value is -2.69. The van der Waals surface area contributed by atoms with Crippen molar-refractivity contribution in [2.45, 2.75) is 97.8 Å². The van der Waals surface area contributed by atoms with Crippen molar-refractivity contribution in [3.63, 3.8) is 0 Å². The highest BCUT2D eigenvalue weighted by Crippen LogP contribution is 2.35. The molecule has 0 bridgehead atoms. The second kappa shape index (κ2) is 18.6. The second-order valence-corrected chi connectivity index (χ2v) is 9.06. The first-order valence-electron chi connectivity index (χ1n) is 14.0. The van der Waals surface area contributed by atoms with Gasteiger partial charge in [-0.2, -0.15) is 0 Å². The maximum absolute atomic E-state index is 12.8. The molecule has 200 valence electrons. The van der Waals surface area contributed by atoms with Crippen LogP contribution in [0.1, 0.15) is 97.8 Å². The molecule has 0 atom stereocenters. The van der Waals surface area contributed by atoms with Gasteiger partial charge in [0.1, 0.15) is 11.3 Å².